The first kappa shape index (κ1) is 23.0. The summed E-state index contributed by atoms with van der Waals surface area (Å²) in [7, 11) is 0. The third kappa shape index (κ3) is 6.61. The molecule has 0 aliphatic carbocycles. The van der Waals surface area contributed by atoms with Gasteiger partial charge in [-0.25, -0.2) is 4.39 Å². The molecule has 5 nitrogen and oxygen atoms in total. The molecule has 2 aromatic rings. The molecule has 0 saturated heterocycles. The number of hydrogen-bond acceptors (Lipinski definition) is 3. The Hall–Kier alpha value is -2.31. The summed E-state index contributed by atoms with van der Waals surface area (Å²) in [5.41, 5.74) is 0.701. The maximum atomic E-state index is 13.2. The summed E-state index contributed by atoms with van der Waals surface area (Å²) in [6, 6.07) is 9.80. The minimum Gasteiger partial charge on any atom is -0.482 e. The van der Waals surface area contributed by atoms with E-state index in [1.807, 2.05) is 13.8 Å². The molecule has 0 aromatic heterocycles. The van der Waals surface area contributed by atoms with Crippen LogP contribution in [0.5, 0.6) is 5.75 Å². The van der Waals surface area contributed by atoms with Crippen molar-refractivity contribution in [2.45, 2.75) is 32.9 Å². The van der Waals surface area contributed by atoms with Crippen LogP contribution >= 0.6 is 23.2 Å². The van der Waals surface area contributed by atoms with Crippen LogP contribution in [-0.4, -0.2) is 35.9 Å². The fourth-order valence-corrected chi connectivity index (χ4v) is 3.28. The minimum atomic E-state index is -0.684. The third-order valence-corrected chi connectivity index (χ3v) is 4.78. The Labute approximate surface area is 179 Å². The number of benzene rings is 2. The van der Waals surface area contributed by atoms with Crippen LogP contribution in [0.25, 0.3) is 0 Å². The van der Waals surface area contributed by atoms with Crippen molar-refractivity contribution in [1.82, 2.24) is 10.2 Å². The zero-order valence-electron chi connectivity index (χ0n) is 16.3. The number of rotatable bonds is 9. The monoisotopic (exact) mass is 440 g/mol. The summed E-state index contributed by atoms with van der Waals surface area (Å²) < 4.78 is 18.8. The highest BCUT2D eigenvalue weighted by Crippen LogP contribution is 2.27. The Morgan fingerprint density at radius 1 is 1.14 bits per heavy atom. The number of hydrogen-bond donors (Lipinski definition) is 1. The van der Waals surface area contributed by atoms with Crippen molar-refractivity contribution < 1.29 is 18.7 Å². The van der Waals surface area contributed by atoms with E-state index in [2.05, 4.69) is 5.32 Å². The lowest BCUT2D eigenvalue weighted by molar-refractivity contribution is -0.142. The highest BCUT2D eigenvalue weighted by molar-refractivity contribution is 6.35. The minimum absolute atomic E-state index is 0.145. The topological polar surface area (TPSA) is 58.6 Å². The van der Waals surface area contributed by atoms with E-state index >= 15 is 0 Å². The number of halogens is 3. The molecule has 0 bridgehead atoms. The molecule has 2 amide bonds. The van der Waals surface area contributed by atoms with E-state index in [1.165, 1.54) is 23.1 Å². The van der Waals surface area contributed by atoms with Crippen LogP contribution in [-0.2, 0) is 16.1 Å². The van der Waals surface area contributed by atoms with Crippen molar-refractivity contribution in [1.29, 1.82) is 0 Å². The summed E-state index contributed by atoms with van der Waals surface area (Å²) in [6.07, 6.45) is 0.417. The van der Waals surface area contributed by atoms with Crippen LogP contribution in [0.3, 0.4) is 0 Å². The molecule has 0 heterocycles. The number of carbonyl (C=O) groups excluding carboxylic acids is 2. The summed E-state index contributed by atoms with van der Waals surface area (Å²) >= 11 is 12.0. The summed E-state index contributed by atoms with van der Waals surface area (Å²) in [5.74, 6) is -0.700. The van der Waals surface area contributed by atoms with Gasteiger partial charge in [0.15, 0.2) is 6.61 Å². The standard InChI is InChI=1S/C21H23Cl2FN2O3/c1-3-18(21(28)25-4-2)26(12-14-5-8-16(24)9-6-14)20(27)13-29-19-10-7-15(22)11-17(19)23/h5-11,18H,3-4,12-13H2,1-2H3,(H,25,28)/t18-/m0/s1. The van der Waals surface area contributed by atoms with Crippen molar-refractivity contribution >= 4 is 35.0 Å². The van der Waals surface area contributed by atoms with Gasteiger partial charge in [0, 0.05) is 18.1 Å². The molecule has 2 rings (SSSR count). The van der Waals surface area contributed by atoms with Crippen LogP contribution in [0.15, 0.2) is 42.5 Å². The fourth-order valence-electron chi connectivity index (χ4n) is 2.81. The Kier molecular flexibility index (Phi) is 8.73. The first-order chi connectivity index (χ1) is 13.8. The van der Waals surface area contributed by atoms with Gasteiger partial charge in [0.25, 0.3) is 5.91 Å². The molecule has 0 unspecified atom stereocenters. The van der Waals surface area contributed by atoms with Crippen LogP contribution < -0.4 is 10.1 Å². The van der Waals surface area contributed by atoms with E-state index < -0.39 is 11.9 Å². The van der Waals surface area contributed by atoms with Crippen molar-refractivity contribution in [2.24, 2.45) is 0 Å². The molecule has 0 radical (unpaired) electrons. The fraction of sp³-hybridized carbons (Fsp3) is 0.333. The molecule has 156 valence electrons. The Balaban J connectivity index is 2.20. The van der Waals surface area contributed by atoms with E-state index in [9.17, 15) is 14.0 Å². The molecule has 1 atom stereocenters. The summed E-state index contributed by atoms with van der Waals surface area (Å²) in [5, 5.41) is 3.48. The largest absolute Gasteiger partial charge is 0.482 e. The summed E-state index contributed by atoms with van der Waals surface area (Å²) in [4.78, 5) is 26.9. The van der Waals surface area contributed by atoms with Gasteiger partial charge in [-0.05, 0) is 49.2 Å². The number of nitrogens with one attached hydrogen (secondary N) is 1. The van der Waals surface area contributed by atoms with Gasteiger partial charge in [-0.2, -0.15) is 0 Å². The van der Waals surface area contributed by atoms with Gasteiger partial charge in [-0.15, -0.1) is 0 Å². The first-order valence-electron chi connectivity index (χ1n) is 9.25. The predicted octanol–water partition coefficient (Wildman–Crippen LogP) is 4.45. The molecule has 2 aromatic carbocycles. The average Bonchev–Trinajstić information content (AvgIpc) is 2.68. The van der Waals surface area contributed by atoms with E-state index in [0.717, 1.165) is 0 Å². The molecular formula is C21H23Cl2FN2O3. The van der Waals surface area contributed by atoms with E-state index in [-0.39, 0.29) is 29.9 Å². The molecule has 29 heavy (non-hydrogen) atoms. The average molecular weight is 441 g/mol. The van der Waals surface area contributed by atoms with Crippen LogP contribution in [0.1, 0.15) is 25.8 Å². The van der Waals surface area contributed by atoms with Crippen LogP contribution in [0.4, 0.5) is 4.39 Å². The zero-order valence-corrected chi connectivity index (χ0v) is 17.8. The van der Waals surface area contributed by atoms with Gasteiger partial charge in [0.2, 0.25) is 5.91 Å². The van der Waals surface area contributed by atoms with Gasteiger partial charge < -0.3 is 15.0 Å². The molecule has 0 fully saturated rings. The van der Waals surface area contributed by atoms with Crippen molar-refractivity contribution in [3.8, 4) is 5.75 Å². The number of nitrogens with zero attached hydrogens (tertiary/aromatic N) is 1. The second kappa shape index (κ2) is 11.0. The van der Waals surface area contributed by atoms with Crippen molar-refractivity contribution in [3.05, 3.63) is 63.9 Å². The molecule has 0 aliphatic heterocycles. The second-order valence-electron chi connectivity index (χ2n) is 6.33. The molecular weight excluding hydrogens is 418 g/mol. The second-order valence-corrected chi connectivity index (χ2v) is 7.17. The van der Waals surface area contributed by atoms with Gasteiger partial charge in [0.1, 0.15) is 17.6 Å². The SMILES string of the molecule is CCNC(=O)[C@H](CC)N(Cc1ccc(F)cc1)C(=O)COc1ccc(Cl)cc1Cl. The highest BCUT2D eigenvalue weighted by Gasteiger charge is 2.28. The quantitative estimate of drug-likeness (QED) is 0.626. The van der Waals surface area contributed by atoms with Gasteiger partial charge in [-0.1, -0.05) is 42.3 Å². The predicted molar refractivity (Wildman–Crippen MR) is 112 cm³/mol. The molecule has 0 aliphatic rings. The Morgan fingerprint density at radius 2 is 1.83 bits per heavy atom. The van der Waals surface area contributed by atoms with E-state index in [4.69, 9.17) is 27.9 Å². The molecule has 0 spiro atoms. The van der Waals surface area contributed by atoms with Gasteiger partial charge >= 0.3 is 0 Å². The number of carbonyl (C=O) groups is 2. The van der Waals surface area contributed by atoms with E-state index in [1.54, 1.807) is 24.3 Å². The lowest BCUT2D eigenvalue weighted by Gasteiger charge is -2.30. The van der Waals surface area contributed by atoms with Crippen LogP contribution in [0, 0.1) is 5.82 Å². The molecule has 0 saturated carbocycles. The molecule has 1 N–H and O–H groups in total. The smallest absolute Gasteiger partial charge is 0.261 e. The van der Waals surface area contributed by atoms with Crippen molar-refractivity contribution in [2.75, 3.05) is 13.2 Å². The van der Waals surface area contributed by atoms with E-state index in [0.29, 0.717) is 29.3 Å². The highest BCUT2D eigenvalue weighted by atomic mass is 35.5. The number of likely N-dealkylation sites (N-methyl/N-ethyl adjacent to an activating group) is 1. The number of amides is 2. The van der Waals surface area contributed by atoms with Gasteiger partial charge in [0.05, 0.1) is 5.02 Å². The number of ether oxygens (including phenoxy) is 1. The lowest BCUT2D eigenvalue weighted by atomic mass is 10.1. The first-order valence-corrected chi connectivity index (χ1v) is 10.0. The maximum absolute atomic E-state index is 13.2. The maximum Gasteiger partial charge on any atom is 0.261 e. The van der Waals surface area contributed by atoms with Crippen molar-refractivity contribution in [3.63, 3.8) is 0 Å². The Morgan fingerprint density at radius 3 is 2.41 bits per heavy atom. The van der Waals surface area contributed by atoms with Gasteiger partial charge in [-0.3, -0.25) is 9.59 Å². The summed E-state index contributed by atoms with van der Waals surface area (Å²) in [6.45, 7) is 3.92. The zero-order chi connectivity index (χ0) is 21.4. The Bertz CT molecular complexity index is 846. The van der Waals surface area contributed by atoms with Crippen LogP contribution in [0.2, 0.25) is 10.0 Å². The third-order valence-electron chi connectivity index (χ3n) is 4.25. The normalized spacial score (nSPS) is 11.6. The molecule has 8 heteroatoms. The lowest BCUT2D eigenvalue weighted by Crippen LogP contribution is -2.50.